The number of likely N-dealkylation sites (N-methyl/N-ethyl adjacent to an activating group) is 1. The molecule has 1 aliphatic rings. The Hall–Kier alpha value is -4.02. The number of methoxy groups -OCH3 is 1. The predicted octanol–water partition coefficient (Wildman–Crippen LogP) is 4.57. The van der Waals surface area contributed by atoms with Crippen molar-refractivity contribution < 1.29 is 27.1 Å². The van der Waals surface area contributed by atoms with E-state index >= 15 is 0 Å². The minimum atomic E-state index is -3.39. The molecule has 214 valence electrons. The molecule has 0 radical (unpaired) electrons. The molecular formula is C31H32FN3O5S. The molecule has 8 nitrogen and oxygen atoms in total. The van der Waals surface area contributed by atoms with Gasteiger partial charge in [-0.2, -0.15) is 0 Å². The normalized spacial score (nSPS) is 13.2. The van der Waals surface area contributed by atoms with E-state index in [1.165, 1.54) is 22.7 Å². The van der Waals surface area contributed by atoms with Crippen molar-refractivity contribution in [2.24, 2.45) is 0 Å². The predicted molar refractivity (Wildman–Crippen MR) is 155 cm³/mol. The van der Waals surface area contributed by atoms with Gasteiger partial charge < -0.3 is 14.4 Å². The summed E-state index contributed by atoms with van der Waals surface area (Å²) in [7, 11) is 1.49. The second-order valence-corrected chi connectivity index (χ2v) is 12.4. The monoisotopic (exact) mass is 577 g/mol. The molecule has 10 heteroatoms. The van der Waals surface area contributed by atoms with Gasteiger partial charge in [0.1, 0.15) is 23.7 Å². The number of ether oxygens (including phenoxy) is 2. The number of pyridine rings is 1. The van der Waals surface area contributed by atoms with Gasteiger partial charge in [0.05, 0.1) is 18.9 Å². The fourth-order valence-corrected chi connectivity index (χ4v) is 5.48. The zero-order chi connectivity index (χ0) is 29.3. The van der Waals surface area contributed by atoms with Crippen molar-refractivity contribution in [1.82, 2.24) is 14.2 Å². The van der Waals surface area contributed by atoms with Crippen LogP contribution in [0.2, 0.25) is 0 Å². The first-order chi connectivity index (χ1) is 19.5. The Labute approximate surface area is 239 Å². The van der Waals surface area contributed by atoms with Crippen molar-refractivity contribution in [3.63, 3.8) is 0 Å². The summed E-state index contributed by atoms with van der Waals surface area (Å²) in [6.07, 6.45) is 3.84. The molecule has 1 aliphatic heterocycles. The second kappa shape index (κ2) is 11.5. The first-order valence-corrected chi connectivity index (χ1v) is 15.0. The molecular weight excluding hydrogens is 545 g/mol. The Morgan fingerprint density at radius 3 is 2.39 bits per heavy atom. The standard InChI is InChI=1S/C31H32FN3O5S/c1-34-18-27-25(13-14-35(2)41(4,37)38)26-16-22(15-20-5-9-23(32)10-6-20)17-33-29(26)30(28(27)31(34)36)40-19-21-7-11-24(39-3)12-8-21/h5-12,16-17H,13-15,18-19H2,1-4H3. The Bertz CT molecular complexity index is 1710. The van der Waals surface area contributed by atoms with Gasteiger partial charge in [-0.05, 0) is 71.0 Å². The van der Waals surface area contributed by atoms with Gasteiger partial charge in [-0.15, -0.1) is 0 Å². The minimum absolute atomic E-state index is 0.165. The van der Waals surface area contributed by atoms with Gasteiger partial charge in [0.2, 0.25) is 10.0 Å². The summed E-state index contributed by atoms with van der Waals surface area (Å²) in [5, 5.41) is 0.804. The first kappa shape index (κ1) is 28.5. The molecule has 0 saturated carbocycles. The maximum absolute atomic E-state index is 13.5. The lowest BCUT2D eigenvalue weighted by atomic mass is 9.93. The van der Waals surface area contributed by atoms with Crippen LogP contribution >= 0.6 is 0 Å². The fraction of sp³-hybridized carbons (Fsp3) is 0.290. The molecule has 41 heavy (non-hydrogen) atoms. The smallest absolute Gasteiger partial charge is 0.258 e. The van der Waals surface area contributed by atoms with Crippen LogP contribution in [0.5, 0.6) is 11.5 Å². The fourth-order valence-electron chi connectivity index (χ4n) is 5.06. The van der Waals surface area contributed by atoms with Crippen molar-refractivity contribution in [1.29, 1.82) is 0 Å². The van der Waals surface area contributed by atoms with Crippen LogP contribution in [0.1, 0.15) is 38.2 Å². The van der Waals surface area contributed by atoms with Gasteiger partial charge in [0.15, 0.2) is 5.75 Å². The van der Waals surface area contributed by atoms with E-state index in [9.17, 15) is 17.6 Å². The Morgan fingerprint density at radius 1 is 1.05 bits per heavy atom. The van der Waals surface area contributed by atoms with Crippen LogP contribution in [0, 0.1) is 5.82 Å². The number of nitrogens with zero attached hydrogens (tertiary/aromatic N) is 3. The van der Waals surface area contributed by atoms with Gasteiger partial charge in [-0.1, -0.05) is 24.3 Å². The molecule has 0 atom stereocenters. The molecule has 2 heterocycles. The molecule has 0 N–H and O–H groups in total. The van der Waals surface area contributed by atoms with Crippen molar-refractivity contribution in [3.05, 3.63) is 100.0 Å². The molecule has 0 bridgehead atoms. The number of carbonyl (C=O) groups excluding carboxylic acids is 1. The summed E-state index contributed by atoms with van der Waals surface area (Å²) in [4.78, 5) is 19.8. The van der Waals surface area contributed by atoms with Crippen LogP contribution < -0.4 is 9.47 Å². The van der Waals surface area contributed by atoms with E-state index in [0.29, 0.717) is 36.2 Å². The summed E-state index contributed by atoms with van der Waals surface area (Å²) in [5.74, 6) is 0.677. The highest BCUT2D eigenvalue weighted by Crippen LogP contribution is 2.41. The highest BCUT2D eigenvalue weighted by molar-refractivity contribution is 7.88. The molecule has 3 aromatic carbocycles. The lowest BCUT2D eigenvalue weighted by Crippen LogP contribution is -2.28. The summed E-state index contributed by atoms with van der Waals surface area (Å²) < 4.78 is 50.7. The summed E-state index contributed by atoms with van der Waals surface area (Å²) >= 11 is 0. The number of hydrogen-bond donors (Lipinski definition) is 0. The number of amides is 1. The van der Waals surface area contributed by atoms with E-state index in [4.69, 9.17) is 14.5 Å². The van der Waals surface area contributed by atoms with E-state index in [2.05, 4.69) is 0 Å². The number of fused-ring (bicyclic) bond motifs is 2. The van der Waals surface area contributed by atoms with Gasteiger partial charge in [-0.25, -0.2) is 17.1 Å². The topological polar surface area (TPSA) is 89.0 Å². The van der Waals surface area contributed by atoms with Crippen molar-refractivity contribution >= 4 is 26.8 Å². The molecule has 0 saturated heterocycles. The summed E-state index contributed by atoms with van der Waals surface area (Å²) in [5.41, 5.74) is 5.42. The number of halogens is 1. The number of carbonyl (C=O) groups is 1. The quantitative estimate of drug-likeness (QED) is 0.274. The van der Waals surface area contributed by atoms with Gasteiger partial charge in [0, 0.05) is 38.8 Å². The van der Waals surface area contributed by atoms with E-state index < -0.39 is 10.0 Å². The average Bonchev–Trinajstić information content (AvgIpc) is 3.24. The van der Waals surface area contributed by atoms with Gasteiger partial charge in [-0.3, -0.25) is 9.78 Å². The first-order valence-electron chi connectivity index (χ1n) is 13.2. The van der Waals surface area contributed by atoms with Crippen molar-refractivity contribution in [3.8, 4) is 11.5 Å². The Kier molecular flexibility index (Phi) is 7.97. The van der Waals surface area contributed by atoms with Crippen LogP contribution in [0.3, 0.4) is 0 Å². The zero-order valence-corrected chi connectivity index (χ0v) is 24.3. The van der Waals surface area contributed by atoms with Gasteiger partial charge >= 0.3 is 0 Å². The molecule has 1 amide bonds. The molecule has 0 aliphatic carbocycles. The number of rotatable bonds is 10. The SMILES string of the molecule is COc1ccc(COc2c3c(c(CCN(C)S(C)(=O)=O)c4cc(Cc5ccc(F)cc5)cnc24)CN(C)C3=O)cc1. The lowest BCUT2D eigenvalue weighted by molar-refractivity contribution is 0.0813. The average molecular weight is 578 g/mol. The number of hydrogen-bond acceptors (Lipinski definition) is 6. The third kappa shape index (κ3) is 6.03. The number of sulfonamides is 1. The second-order valence-electron chi connectivity index (χ2n) is 10.3. The third-order valence-corrected chi connectivity index (χ3v) is 8.75. The van der Waals surface area contributed by atoms with Crippen molar-refractivity contribution in [2.75, 3.05) is 34.0 Å². The van der Waals surface area contributed by atoms with Crippen LogP contribution in [-0.2, 0) is 36.0 Å². The maximum Gasteiger partial charge on any atom is 0.258 e. The van der Waals surface area contributed by atoms with Crippen LogP contribution in [0.4, 0.5) is 4.39 Å². The number of aromatic nitrogens is 1. The molecule has 0 spiro atoms. The molecule has 0 unspecified atom stereocenters. The molecule has 4 aromatic rings. The summed E-state index contributed by atoms with van der Waals surface area (Å²) in [6.45, 7) is 0.841. The lowest BCUT2D eigenvalue weighted by Gasteiger charge is -2.20. The minimum Gasteiger partial charge on any atom is -0.497 e. The van der Waals surface area contributed by atoms with E-state index in [0.717, 1.165) is 39.0 Å². The highest BCUT2D eigenvalue weighted by atomic mass is 32.2. The Balaban J connectivity index is 1.62. The van der Waals surface area contributed by atoms with Gasteiger partial charge in [0.25, 0.3) is 5.91 Å². The van der Waals surface area contributed by atoms with Crippen LogP contribution in [-0.4, -0.2) is 62.5 Å². The van der Waals surface area contributed by atoms with E-state index in [-0.39, 0.29) is 24.9 Å². The largest absolute Gasteiger partial charge is 0.497 e. The molecule has 0 fully saturated rings. The third-order valence-electron chi connectivity index (χ3n) is 7.44. The molecule has 1 aromatic heterocycles. The van der Waals surface area contributed by atoms with Crippen LogP contribution in [0.25, 0.3) is 10.9 Å². The van der Waals surface area contributed by atoms with Crippen LogP contribution in [0.15, 0.2) is 60.8 Å². The highest BCUT2D eigenvalue weighted by Gasteiger charge is 2.34. The Morgan fingerprint density at radius 2 is 1.73 bits per heavy atom. The molecule has 5 rings (SSSR count). The maximum atomic E-state index is 13.5. The number of benzene rings is 3. The van der Waals surface area contributed by atoms with Crippen molar-refractivity contribution in [2.45, 2.75) is 26.0 Å². The van der Waals surface area contributed by atoms with E-state index in [1.807, 2.05) is 30.3 Å². The van der Waals surface area contributed by atoms with E-state index in [1.54, 1.807) is 44.4 Å². The summed E-state index contributed by atoms with van der Waals surface area (Å²) in [6, 6.07) is 15.8. The zero-order valence-electron chi connectivity index (χ0n) is 23.5.